The predicted octanol–water partition coefficient (Wildman–Crippen LogP) is 4.99. The first-order valence-corrected chi connectivity index (χ1v) is 9.09. The largest absolute Gasteiger partial charge is 0.299 e. The lowest BCUT2D eigenvalue weighted by molar-refractivity contribution is -0.138. The van der Waals surface area contributed by atoms with E-state index in [1.165, 1.54) is 57.8 Å². The summed E-state index contributed by atoms with van der Waals surface area (Å²) < 4.78 is 0. The zero-order valence-electron chi connectivity index (χ0n) is 13.3. The van der Waals surface area contributed by atoms with Crippen molar-refractivity contribution >= 4 is 5.78 Å². The number of Topliss-reactive ketones (excluding diaryl/α,β-unsaturated/α-hetero) is 1. The Morgan fingerprint density at radius 1 is 0.900 bits per heavy atom. The lowest BCUT2D eigenvalue weighted by Gasteiger charge is -2.59. The summed E-state index contributed by atoms with van der Waals surface area (Å²) in [5.74, 6) is 4.13. The van der Waals surface area contributed by atoms with E-state index in [4.69, 9.17) is 0 Å². The quantitative estimate of drug-likeness (QED) is 0.608. The summed E-state index contributed by atoms with van der Waals surface area (Å²) in [6, 6.07) is 0. The van der Waals surface area contributed by atoms with Crippen molar-refractivity contribution in [3.8, 4) is 0 Å². The number of fused-ring (bicyclic) bond motifs is 5. The van der Waals surface area contributed by atoms with Gasteiger partial charge in [0, 0.05) is 11.8 Å². The van der Waals surface area contributed by atoms with E-state index in [-0.39, 0.29) is 5.41 Å². The lowest BCUT2D eigenvalue weighted by atomic mass is 9.45. The molecule has 4 aliphatic carbocycles. The molecule has 1 nitrogen and oxygen atoms in total. The zero-order chi connectivity index (χ0) is 14.0. The molecule has 6 atom stereocenters. The molecule has 0 bridgehead atoms. The highest BCUT2D eigenvalue weighted by Crippen LogP contribution is 2.65. The van der Waals surface area contributed by atoms with Gasteiger partial charge in [-0.15, -0.1) is 0 Å². The smallest absolute Gasteiger partial charge is 0.139 e. The van der Waals surface area contributed by atoms with E-state index >= 15 is 0 Å². The second kappa shape index (κ2) is 4.34. The summed E-state index contributed by atoms with van der Waals surface area (Å²) in [5, 5.41) is 0. The molecule has 4 fully saturated rings. The highest BCUT2D eigenvalue weighted by molar-refractivity contribution is 5.87. The molecule has 20 heavy (non-hydrogen) atoms. The summed E-state index contributed by atoms with van der Waals surface area (Å²) in [7, 11) is 0. The van der Waals surface area contributed by atoms with Crippen molar-refractivity contribution in [3.63, 3.8) is 0 Å². The van der Waals surface area contributed by atoms with Gasteiger partial charge in [-0.25, -0.2) is 0 Å². The molecular formula is C19H30O. The molecule has 0 heterocycles. The maximum atomic E-state index is 12.4. The predicted molar refractivity (Wildman–Crippen MR) is 81.4 cm³/mol. The van der Waals surface area contributed by atoms with Gasteiger partial charge in [-0.1, -0.05) is 26.7 Å². The molecule has 0 aromatic rings. The Morgan fingerprint density at radius 2 is 1.75 bits per heavy atom. The molecule has 0 spiro atoms. The summed E-state index contributed by atoms with van der Waals surface area (Å²) in [5.41, 5.74) is 0.688. The first kappa shape index (κ1) is 13.3. The zero-order valence-corrected chi connectivity index (χ0v) is 13.3. The standard InChI is InChI=1S/C19H30O/c1-18-11-4-3-5-13(18)6-7-14-15-8-9-17(20)19(15,2)12-10-16(14)18/h13-16H,3-12H2,1-2H3/t13-,14+,15+,16+,18+,19-/m0/s1. The van der Waals surface area contributed by atoms with Crippen LogP contribution in [0, 0.1) is 34.5 Å². The number of rotatable bonds is 0. The minimum absolute atomic E-state index is 0.0685. The first-order valence-electron chi connectivity index (χ1n) is 9.09. The van der Waals surface area contributed by atoms with E-state index in [0.29, 0.717) is 11.2 Å². The third-order valence-corrected chi connectivity index (χ3v) is 8.29. The molecule has 0 aromatic heterocycles. The van der Waals surface area contributed by atoms with Crippen molar-refractivity contribution in [3.05, 3.63) is 0 Å². The van der Waals surface area contributed by atoms with Gasteiger partial charge in [-0.3, -0.25) is 4.79 Å². The van der Waals surface area contributed by atoms with Gasteiger partial charge in [-0.05, 0) is 74.0 Å². The van der Waals surface area contributed by atoms with Gasteiger partial charge in [-0.2, -0.15) is 0 Å². The topological polar surface area (TPSA) is 17.1 Å². The number of carbonyl (C=O) groups is 1. The Labute approximate surface area is 123 Å². The summed E-state index contributed by atoms with van der Waals surface area (Å²) in [4.78, 5) is 12.4. The van der Waals surface area contributed by atoms with Crippen LogP contribution in [-0.4, -0.2) is 5.78 Å². The van der Waals surface area contributed by atoms with Crippen LogP contribution in [0.4, 0.5) is 0 Å². The molecule has 4 aliphatic rings. The monoisotopic (exact) mass is 274 g/mol. The van der Waals surface area contributed by atoms with Crippen molar-refractivity contribution in [2.24, 2.45) is 34.5 Å². The minimum Gasteiger partial charge on any atom is -0.299 e. The van der Waals surface area contributed by atoms with Gasteiger partial charge in [0.05, 0.1) is 0 Å². The highest BCUT2D eigenvalue weighted by Gasteiger charge is 2.59. The Balaban J connectivity index is 1.66. The fourth-order valence-electron chi connectivity index (χ4n) is 7.07. The minimum atomic E-state index is 0.0685. The molecule has 112 valence electrons. The number of hydrogen-bond acceptors (Lipinski definition) is 1. The highest BCUT2D eigenvalue weighted by atomic mass is 16.1. The summed E-state index contributed by atoms with van der Waals surface area (Å²) in [6.45, 7) is 4.92. The Morgan fingerprint density at radius 3 is 2.60 bits per heavy atom. The fraction of sp³-hybridized carbons (Fsp3) is 0.947. The van der Waals surface area contributed by atoms with Crippen LogP contribution in [0.2, 0.25) is 0 Å². The van der Waals surface area contributed by atoms with Gasteiger partial charge in [0.2, 0.25) is 0 Å². The van der Waals surface area contributed by atoms with Crippen molar-refractivity contribution in [2.75, 3.05) is 0 Å². The normalized spacial score (nSPS) is 55.0. The van der Waals surface area contributed by atoms with E-state index in [0.717, 1.165) is 30.1 Å². The van der Waals surface area contributed by atoms with E-state index in [9.17, 15) is 4.79 Å². The average Bonchev–Trinajstić information content (AvgIpc) is 2.74. The Bertz CT molecular complexity index is 427. The second-order valence-corrected chi connectivity index (χ2v) is 8.82. The molecule has 1 heteroatoms. The summed E-state index contributed by atoms with van der Waals surface area (Å²) >= 11 is 0. The van der Waals surface area contributed by atoms with Crippen LogP contribution in [-0.2, 0) is 4.79 Å². The van der Waals surface area contributed by atoms with Crippen molar-refractivity contribution in [1.82, 2.24) is 0 Å². The molecule has 4 rings (SSSR count). The molecule has 0 radical (unpaired) electrons. The number of carbonyl (C=O) groups excluding carboxylic acids is 1. The van der Waals surface area contributed by atoms with Gasteiger partial charge in [0.25, 0.3) is 0 Å². The van der Waals surface area contributed by atoms with Crippen LogP contribution in [0.25, 0.3) is 0 Å². The lowest BCUT2D eigenvalue weighted by Crippen LogP contribution is -2.52. The molecule has 4 saturated carbocycles. The molecule has 0 saturated heterocycles. The molecule has 0 unspecified atom stereocenters. The van der Waals surface area contributed by atoms with Crippen LogP contribution >= 0.6 is 0 Å². The second-order valence-electron chi connectivity index (χ2n) is 8.82. The van der Waals surface area contributed by atoms with Crippen LogP contribution in [0.15, 0.2) is 0 Å². The maximum Gasteiger partial charge on any atom is 0.139 e. The first-order chi connectivity index (χ1) is 9.56. The SMILES string of the molecule is C[C@@]12CCCC[C@H]1CC[C@H]1[C@H]2CC[C@]2(C)C(=O)CC[C@H]12. The van der Waals surface area contributed by atoms with Gasteiger partial charge >= 0.3 is 0 Å². The number of ketones is 1. The van der Waals surface area contributed by atoms with Crippen molar-refractivity contribution in [1.29, 1.82) is 0 Å². The van der Waals surface area contributed by atoms with E-state index < -0.39 is 0 Å². The van der Waals surface area contributed by atoms with Crippen molar-refractivity contribution < 1.29 is 4.79 Å². The van der Waals surface area contributed by atoms with Crippen LogP contribution in [0.3, 0.4) is 0 Å². The molecule has 0 aromatic carbocycles. The third kappa shape index (κ3) is 1.58. The maximum absolute atomic E-state index is 12.4. The molecule has 0 amide bonds. The van der Waals surface area contributed by atoms with E-state index in [1.54, 1.807) is 0 Å². The summed E-state index contributed by atoms with van der Waals surface area (Å²) in [6.07, 6.45) is 13.4. The molecule has 0 N–H and O–H groups in total. The van der Waals surface area contributed by atoms with Crippen LogP contribution < -0.4 is 0 Å². The van der Waals surface area contributed by atoms with Gasteiger partial charge < -0.3 is 0 Å². The average molecular weight is 274 g/mol. The fourth-order valence-corrected chi connectivity index (χ4v) is 7.07. The van der Waals surface area contributed by atoms with E-state index in [1.807, 2.05) is 0 Å². The number of hydrogen-bond donors (Lipinski definition) is 0. The van der Waals surface area contributed by atoms with Crippen molar-refractivity contribution in [2.45, 2.75) is 78.1 Å². The Hall–Kier alpha value is -0.330. The van der Waals surface area contributed by atoms with E-state index in [2.05, 4.69) is 13.8 Å². The van der Waals surface area contributed by atoms with Gasteiger partial charge in [0.1, 0.15) is 5.78 Å². The van der Waals surface area contributed by atoms with Crippen LogP contribution in [0.5, 0.6) is 0 Å². The molecule has 0 aliphatic heterocycles. The Kier molecular flexibility index (Phi) is 2.89. The van der Waals surface area contributed by atoms with Crippen LogP contribution in [0.1, 0.15) is 78.1 Å². The van der Waals surface area contributed by atoms with Gasteiger partial charge in [0.15, 0.2) is 0 Å². The molecular weight excluding hydrogens is 244 g/mol. The third-order valence-electron chi connectivity index (χ3n) is 8.29.